The van der Waals surface area contributed by atoms with Crippen molar-refractivity contribution in [3.05, 3.63) is 88.7 Å². The fourth-order valence-corrected chi connectivity index (χ4v) is 4.71. The van der Waals surface area contributed by atoms with Crippen molar-refractivity contribution in [2.24, 2.45) is 0 Å². The van der Waals surface area contributed by atoms with Crippen LogP contribution >= 0.6 is 11.6 Å². The summed E-state index contributed by atoms with van der Waals surface area (Å²) in [4.78, 5) is 15.7. The van der Waals surface area contributed by atoms with Crippen molar-refractivity contribution in [2.75, 3.05) is 10.8 Å². The summed E-state index contributed by atoms with van der Waals surface area (Å²) in [5.74, 6) is -0.907. The molecule has 3 rings (SSSR count). The second-order valence-electron chi connectivity index (χ2n) is 7.33. The summed E-state index contributed by atoms with van der Waals surface area (Å²) in [6.45, 7) is -1.05. The molecule has 0 bridgehead atoms. The van der Waals surface area contributed by atoms with Gasteiger partial charge in [-0.15, -0.1) is 0 Å². The molecule has 0 saturated heterocycles. The average molecular weight is 552 g/mol. The Balaban J connectivity index is 2.02. The van der Waals surface area contributed by atoms with Crippen LogP contribution < -0.4 is 9.62 Å². The van der Waals surface area contributed by atoms with Gasteiger partial charge in [-0.25, -0.2) is 8.42 Å². The molecule has 2 aromatic carbocycles. The van der Waals surface area contributed by atoms with E-state index in [9.17, 15) is 39.6 Å². The Hall–Kier alpha value is -3.32. The van der Waals surface area contributed by atoms with Crippen LogP contribution in [0.1, 0.15) is 16.7 Å². The van der Waals surface area contributed by atoms with Crippen molar-refractivity contribution >= 4 is 33.2 Å². The van der Waals surface area contributed by atoms with Crippen LogP contribution in [-0.2, 0) is 33.7 Å². The van der Waals surface area contributed by atoms with Gasteiger partial charge in [-0.3, -0.25) is 14.1 Å². The number of alkyl halides is 6. The van der Waals surface area contributed by atoms with Crippen LogP contribution in [0.5, 0.6) is 0 Å². The second-order valence-corrected chi connectivity index (χ2v) is 9.60. The molecule has 1 heterocycles. The second kappa shape index (κ2) is 10.3. The van der Waals surface area contributed by atoms with Gasteiger partial charge < -0.3 is 5.32 Å². The molecule has 36 heavy (non-hydrogen) atoms. The Morgan fingerprint density at radius 3 is 2.00 bits per heavy atom. The minimum atomic E-state index is -4.87. The minimum absolute atomic E-state index is 0.0498. The van der Waals surface area contributed by atoms with Gasteiger partial charge in [0, 0.05) is 18.9 Å². The third kappa shape index (κ3) is 6.46. The number of hydrogen-bond donors (Lipinski definition) is 1. The summed E-state index contributed by atoms with van der Waals surface area (Å²) in [5.41, 5.74) is -2.45. The highest BCUT2D eigenvalue weighted by Gasteiger charge is 2.35. The van der Waals surface area contributed by atoms with E-state index in [0.717, 1.165) is 6.07 Å². The van der Waals surface area contributed by atoms with Gasteiger partial charge in [0.2, 0.25) is 5.91 Å². The van der Waals surface area contributed by atoms with E-state index in [1.54, 1.807) is 12.1 Å². The summed E-state index contributed by atoms with van der Waals surface area (Å²) >= 11 is 6.02. The molecule has 1 amide bonds. The molecule has 14 heteroatoms. The fourth-order valence-electron chi connectivity index (χ4n) is 3.01. The van der Waals surface area contributed by atoms with E-state index in [4.69, 9.17) is 11.6 Å². The molecule has 0 unspecified atom stereocenters. The third-order valence-corrected chi connectivity index (χ3v) is 6.93. The highest BCUT2D eigenvalue weighted by atomic mass is 35.5. The zero-order valence-electron chi connectivity index (χ0n) is 17.9. The average Bonchev–Trinajstić information content (AvgIpc) is 2.81. The molecule has 0 fully saturated rings. The molecule has 1 aromatic heterocycles. The number of carbonyl (C=O) groups excluding carboxylic acids is 1. The first-order valence-corrected chi connectivity index (χ1v) is 11.7. The van der Waals surface area contributed by atoms with Crippen LogP contribution in [0.4, 0.5) is 32.0 Å². The van der Waals surface area contributed by atoms with Gasteiger partial charge in [-0.1, -0.05) is 11.6 Å². The number of pyridine rings is 1. The van der Waals surface area contributed by atoms with E-state index in [1.807, 2.05) is 0 Å². The molecule has 0 spiro atoms. The first-order valence-electron chi connectivity index (χ1n) is 9.92. The SMILES string of the molecule is O=C(CN(c1cc(C(F)(F)F)ccc1Cl)S(=O)(=O)c1ccc(C(F)(F)F)cc1)NCc1ccncc1. The zero-order chi connectivity index (χ0) is 26.7. The van der Waals surface area contributed by atoms with E-state index in [-0.39, 0.29) is 6.54 Å². The van der Waals surface area contributed by atoms with E-state index < -0.39 is 61.6 Å². The number of sulfonamides is 1. The molecule has 3 aromatic rings. The third-order valence-electron chi connectivity index (χ3n) is 4.84. The molecule has 192 valence electrons. The first kappa shape index (κ1) is 27.3. The monoisotopic (exact) mass is 551 g/mol. The molecular weight excluding hydrogens is 536 g/mol. The van der Waals surface area contributed by atoms with Crippen LogP contribution in [0.25, 0.3) is 0 Å². The molecule has 0 aliphatic heterocycles. The van der Waals surface area contributed by atoms with Crippen molar-refractivity contribution in [3.63, 3.8) is 0 Å². The van der Waals surface area contributed by atoms with E-state index in [0.29, 0.717) is 46.3 Å². The zero-order valence-corrected chi connectivity index (χ0v) is 19.5. The van der Waals surface area contributed by atoms with Crippen LogP contribution in [0.3, 0.4) is 0 Å². The lowest BCUT2D eigenvalue weighted by Crippen LogP contribution is -2.41. The summed E-state index contributed by atoms with van der Waals surface area (Å²) in [5, 5.41) is 2.00. The van der Waals surface area contributed by atoms with E-state index in [2.05, 4.69) is 10.3 Å². The molecule has 6 nitrogen and oxygen atoms in total. The van der Waals surface area contributed by atoms with Crippen LogP contribution in [0, 0.1) is 0 Å². The Morgan fingerprint density at radius 2 is 1.44 bits per heavy atom. The van der Waals surface area contributed by atoms with Gasteiger partial charge in [-0.2, -0.15) is 26.3 Å². The molecule has 0 aliphatic rings. The number of carbonyl (C=O) groups is 1. The lowest BCUT2D eigenvalue weighted by molar-refractivity contribution is -0.138. The number of nitrogens with zero attached hydrogens (tertiary/aromatic N) is 2. The molecule has 1 N–H and O–H groups in total. The lowest BCUT2D eigenvalue weighted by atomic mass is 10.2. The number of benzene rings is 2. The number of anilines is 1. The Bertz CT molecular complexity index is 1330. The summed E-state index contributed by atoms with van der Waals surface area (Å²) < 4.78 is 106. The maximum Gasteiger partial charge on any atom is 0.416 e. The molecule has 0 atom stereocenters. The Kier molecular flexibility index (Phi) is 7.84. The minimum Gasteiger partial charge on any atom is -0.350 e. The van der Waals surface area contributed by atoms with Gasteiger partial charge in [0.1, 0.15) is 6.54 Å². The molecular formula is C22H16ClF6N3O3S. The molecule has 0 aliphatic carbocycles. The maximum atomic E-state index is 13.3. The molecule has 0 saturated carbocycles. The number of rotatable bonds is 7. The van der Waals surface area contributed by atoms with Crippen LogP contribution in [-0.4, -0.2) is 25.9 Å². The summed E-state index contributed by atoms with van der Waals surface area (Å²) in [6.07, 6.45) is -6.72. The standard InChI is InChI=1S/C22H16ClF6N3O3S/c23-18-6-3-16(22(27,28)29)11-19(18)32(13-20(33)31-12-14-7-9-30-10-8-14)36(34,35)17-4-1-15(2-5-17)21(24,25)26/h1-11H,12-13H2,(H,31,33). The van der Waals surface area contributed by atoms with E-state index in [1.165, 1.54) is 12.4 Å². The van der Waals surface area contributed by atoms with E-state index >= 15 is 0 Å². The van der Waals surface area contributed by atoms with Crippen molar-refractivity contribution in [2.45, 2.75) is 23.8 Å². The van der Waals surface area contributed by atoms with Crippen molar-refractivity contribution in [3.8, 4) is 0 Å². The van der Waals surface area contributed by atoms with Crippen molar-refractivity contribution in [1.82, 2.24) is 10.3 Å². The molecule has 0 radical (unpaired) electrons. The fraction of sp³-hybridized carbons (Fsp3) is 0.182. The number of amides is 1. The topological polar surface area (TPSA) is 79.4 Å². The van der Waals surface area contributed by atoms with Gasteiger partial charge in [0.15, 0.2) is 0 Å². The van der Waals surface area contributed by atoms with Crippen LogP contribution in [0.2, 0.25) is 5.02 Å². The first-order chi connectivity index (χ1) is 16.7. The summed E-state index contributed by atoms with van der Waals surface area (Å²) in [7, 11) is -4.84. The van der Waals surface area contributed by atoms with Gasteiger partial charge in [0.05, 0.1) is 26.7 Å². The number of hydrogen-bond acceptors (Lipinski definition) is 4. The van der Waals surface area contributed by atoms with Crippen LogP contribution in [0.15, 0.2) is 71.9 Å². The van der Waals surface area contributed by atoms with Crippen molar-refractivity contribution in [1.29, 1.82) is 0 Å². The Morgan fingerprint density at radius 1 is 0.889 bits per heavy atom. The number of aromatic nitrogens is 1. The van der Waals surface area contributed by atoms with Crippen molar-refractivity contribution < 1.29 is 39.6 Å². The predicted octanol–water partition coefficient (Wildman–Crippen LogP) is 5.28. The smallest absolute Gasteiger partial charge is 0.350 e. The quantitative estimate of drug-likeness (QED) is 0.405. The summed E-state index contributed by atoms with van der Waals surface area (Å²) in [6, 6.07) is 7.30. The normalized spacial score (nSPS) is 12.3. The lowest BCUT2D eigenvalue weighted by Gasteiger charge is -2.26. The largest absolute Gasteiger partial charge is 0.416 e. The van der Waals surface area contributed by atoms with Gasteiger partial charge in [0.25, 0.3) is 10.0 Å². The van der Waals surface area contributed by atoms with Gasteiger partial charge >= 0.3 is 12.4 Å². The highest BCUT2D eigenvalue weighted by molar-refractivity contribution is 7.92. The Labute approximate surface area is 206 Å². The number of halogens is 7. The maximum absolute atomic E-state index is 13.3. The van der Waals surface area contributed by atoms with Gasteiger partial charge in [-0.05, 0) is 60.2 Å². The predicted molar refractivity (Wildman–Crippen MR) is 119 cm³/mol. The highest BCUT2D eigenvalue weighted by Crippen LogP contribution is 2.38. The number of nitrogens with one attached hydrogen (secondary N) is 1.